The summed E-state index contributed by atoms with van der Waals surface area (Å²) in [7, 11) is 0. The second-order valence-electron chi connectivity index (χ2n) is 6.47. The van der Waals surface area contributed by atoms with Crippen LogP contribution in [0.5, 0.6) is 0 Å². The molecular weight excluding hydrogens is 298 g/mol. The van der Waals surface area contributed by atoms with Crippen LogP contribution in [0, 0.1) is 13.8 Å². The normalized spacial score (nSPS) is 14.6. The number of hydrogen-bond donors (Lipinski definition) is 1. The lowest BCUT2D eigenvalue weighted by molar-refractivity contribution is 0.242. The third-order valence-electron chi connectivity index (χ3n) is 4.58. The molecule has 0 unspecified atom stereocenters. The smallest absolute Gasteiger partial charge is 0.160 e. The molecule has 3 aromatic rings. The summed E-state index contributed by atoms with van der Waals surface area (Å²) in [5, 5.41) is 0. The minimum Gasteiger partial charge on any atom is -0.362 e. The van der Waals surface area contributed by atoms with Crippen molar-refractivity contribution in [1.29, 1.82) is 0 Å². The van der Waals surface area contributed by atoms with Crippen LogP contribution in [-0.4, -0.2) is 31.4 Å². The van der Waals surface area contributed by atoms with Gasteiger partial charge >= 0.3 is 0 Å². The van der Waals surface area contributed by atoms with Crippen LogP contribution in [0.25, 0.3) is 11.4 Å². The molecule has 24 heavy (non-hydrogen) atoms. The quantitative estimate of drug-likeness (QED) is 0.806. The van der Waals surface area contributed by atoms with Crippen LogP contribution in [-0.2, 0) is 19.5 Å². The van der Waals surface area contributed by atoms with Gasteiger partial charge in [-0.15, -0.1) is 0 Å². The Labute approximate surface area is 141 Å². The van der Waals surface area contributed by atoms with E-state index in [0.717, 1.165) is 37.4 Å². The molecule has 0 amide bonds. The van der Waals surface area contributed by atoms with E-state index in [2.05, 4.69) is 39.8 Å². The zero-order valence-electron chi connectivity index (χ0n) is 14.1. The highest BCUT2D eigenvalue weighted by Gasteiger charge is 2.19. The summed E-state index contributed by atoms with van der Waals surface area (Å²) in [6.07, 6.45) is 6.53. The summed E-state index contributed by atoms with van der Waals surface area (Å²) in [6.45, 7) is 7.16. The molecule has 1 aliphatic rings. The van der Waals surface area contributed by atoms with Gasteiger partial charge in [0.15, 0.2) is 5.82 Å². The first-order valence-electron chi connectivity index (χ1n) is 8.31. The molecule has 5 heteroatoms. The van der Waals surface area contributed by atoms with Gasteiger partial charge in [0.2, 0.25) is 0 Å². The standard InChI is InChI=1S/C19H21N5/c1-13-8-16(14(2)22-13)11-24-7-5-18-17(12-24)10-21-19(23-18)15-4-3-6-20-9-15/h3-4,6,8-10,22H,5,7,11-12H2,1-2H3. The summed E-state index contributed by atoms with van der Waals surface area (Å²) in [5.41, 5.74) is 7.25. The topological polar surface area (TPSA) is 57.7 Å². The molecule has 4 heterocycles. The summed E-state index contributed by atoms with van der Waals surface area (Å²) in [6, 6.07) is 6.16. The first-order chi connectivity index (χ1) is 11.7. The summed E-state index contributed by atoms with van der Waals surface area (Å²) >= 11 is 0. The number of aromatic nitrogens is 4. The van der Waals surface area contributed by atoms with E-state index in [9.17, 15) is 0 Å². The number of H-pyrrole nitrogens is 1. The number of nitrogens with zero attached hydrogens (tertiary/aromatic N) is 4. The molecule has 0 bridgehead atoms. The molecule has 0 saturated carbocycles. The van der Waals surface area contributed by atoms with Gasteiger partial charge in [0, 0.05) is 67.2 Å². The number of aryl methyl sites for hydroxylation is 2. The average Bonchev–Trinajstić information content (AvgIpc) is 2.92. The van der Waals surface area contributed by atoms with Gasteiger partial charge in [-0.1, -0.05) is 0 Å². The SMILES string of the molecule is Cc1cc(CN2CCc3nc(-c4cccnc4)ncc3C2)c(C)[nH]1. The van der Waals surface area contributed by atoms with Crippen molar-refractivity contribution in [3.8, 4) is 11.4 Å². The first-order valence-corrected chi connectivity index (χ1v) is 8.31. The number of nitrogens with one attached hydrogen (secondary N) is 1. The summed E-state index contributed by atoms with van der Waals surface area (Å²) < 4.78 is 0. The van der Waals surface area contributed by atoms with Crippen molar-refractivity contribution < 1.29 is 0 Å². The molecule has 5 nitrogen and oxygen atoms in total. The lowest BCUT2D eigenvalue weighted by Gasteiger charge is -2.28. The Kier molecular flexibility index (Phi) is 3.86. The summed E-state index contributed by atoms with van der Waals surface area (Å²) in [4.78, 5) is 19.3. The lowest BCUT2D eigenvalue weighted by Crippen LogP contribution is -2.31. The third kappa shape index (κ3) is 2.95. The molecule has 4 rings (SSSR count). The van der Waals surface area contributed by atoms with E-state index in [4.69, 9.17) is 4.98 Å². The zero-order valence-corrected chi connectivity index (χ0v) is 14.1. The molecule has 0 saturated heterocycles. The van der Waals surface area contributed by atoms with Crippen LogP contribution in [0.15, 0.2) is 36.8 Å². The van der Waals surface area contributed by atoms with Crippen molar-refractivity contribution in [2.24, 2.45) is 0 Å². The maximum Gasteiger partial charge on any atom is 0.160 e. The second-order valence-corrected chi connectivity index (χ2v) is 6.47. The predicted octanol–water partition coefficient (Wildman–Crippen LogP) is 3.04. The molecular formula is C19H21N5. The molecule has 1 aliphatic heterocycles. The van der Waals surface area contributed by atoms with Gasteiger partial charge in [0.25, 0.3) is 0 Å². The molecule has 3 aromatic heterocycles. The zero-order chi connectivity index (χ0) is 16.5. The highest BCUT2D eigenvalue weighted by atomic mass is 15.1. The van der Waals surface area contributed by atoms with E-state index in [1.165, 1.54) is 28.2 Å². The second kappa shape index (κ2) is 6.17. The Bertz CT molecular complexity index is 853. The molecule has 0 aliphatic carbocycles. The molecule has 0 atom stereocenters. The fraction of sp³-hybridized carbons (Fsp3) is 0.316. The van der Waals surface area contributed by atoms with E-state index in [-0.39, 0.29) is 0 Å². The van der Waals surface area contributed by atoms with Crippen molar-refractivity contribution in [3.63, 3.8) is 0 Å². The Balaban J connectivity index is 1.53. The Morgan fingerprint density at radius 3 is 2.92 bits per heavy atom. The molecule has 1 N–H and O–H groups in total. The van der Waals surface area contributed by atoms with Crippen molar-refractivity contribution >= 4 is 0 Å². The van der Waals surface area contributed by atoms with Crippen LogP contribution in [0.2, 0.25) is 0 Å². The van der Waals surface area contributed by atoms with Gasteiger partial charge in [-0.2, -0.15) is 0 Å². The fourth-order valence-corrected chi connectivity index (χ4v) is 3.33. The molecule has 122 valence electrons. The maximum atomic E-state index is 4.76. The number of aromatic amines is 1. The largest absolute Gasteiger partial charge is 0.362 e. The van der Waals surface area contributed by atoms with Crippen LogP contribution < -0.4 is 0 Å². The predicted molar refractivity (Wildman–Crippen MR) is 93.3 cm³/mol. The van der Waals surface area contributed by atoms with Crippen LogP contribution in [0.3, 0.4) is 0 Å². The van der Waals surface area contributed by atoms with Crippen LogP contribution in [0.1, 0.15) is 28.2 Å². The van der Waals surface area contributed by atoms with Gasteiger partial charge < -0.3 is 4.98 Å². The van der Waals surface area contributed by atoms with E-state index < -0.39 is 0 Å². The van der Waals surface area contributed by atoms with Crippen molar-refractivity contribution in [2.75, 3.05) is 6.54 Å². The first kappa shape index (κ1) is 15.0. The van der Waals surface area contributed by atoms with E-state index in [1.54, 1.807) is 6.20 Å². The highest BCUT2D eigenvalue weighted by molar-refractivity contribution is 5.53. The van der Waals surface area contributed by atoms with E-state index in [1.807, 2.05) is 24.5 Å². The molecule has 0 spiro atoms. The maximum absolute atomic E-state index is 4.76. The van der Waals surface area contributed by atoms with Gasteiger partial charge in [-0.3, -0.25) is 9.88 Å². The van der Waals surface area contributed by atoms with Gasteiger partial charge in [0.1, 0.15) is 0 Å². The van der Waals surface area contributed by atoms with Crippen molar-refractivity contribution in [2.45, 2.75) is 33.4 Å². The number of pyridine rings is 1. The minimum absolute atomic E-state index is 0.771. The van der Waals surface area contributed by atoms with Gasteiger partial charge in [-0.05, 0) is 37.6 Å². The average molecular weight is 319 g/mol. The number of rotatable bonds is 3. The van der Waals surface area contributed by atoms with Crippen LogP contribution in [0.4, 0.5) is 0 Å². The van der Waals surface area contributed by atoms with Crippen molar-refractivity contribution in [1.82, 2.24) is 24.8 Å². The van der Waals surface area contributed by atoms with Gasteiger partial charge in [-0.25, -0.2) is 9.97 Å². The Morgan fingerprint density at radius 2 is 2.17 bits per heavy atom. The van der Waals surface area contributed by atoms with Gasteiger partial charge in [0.05, 0.1) is 5.69 Å². The minimum atomic E-state index is 0.771. The monoisotopic (exact) mass is 319 g/mol. The van der Waals surface area contributed by atoms with Crippen LogP contribution >= 0.6 is 0 Å². The number of fused-ring (bicyclic) bond motifs is 1. The Morgan fingerprint density at radius 1 is 1.25 bits per heavy atom. The molecule has 0 fully saturated rings. The third-order valence-corrected chi connectivity index (χ3v) is 4.58. The Hall–Kier alpha value is -2.53. The number of hydrogen-bond acceptors (Lipinski definition) is 4. The lowest BCUT2D eigenvalue weighted by atomic mass is 10.1. The van der Waals surface area contributed by atoms with E-state index >= 15 is 0 Å². The fourth-order valence-electron chi connectivity index (χ4n) is 3.33. The van der Waals surface area contributed by atoms with Crippen molar-refractivity contribution in [3.05, 3.63) is 65.0 Å². The highest BCUT2D eigenvalue weighted by Crippen LogP contribution is 2.22. The van der Waals surface area contributed by atoms with E-state index in [0.29, 0.717) is 0 Å². The molecule has 0 aromatic carbocycles. The molecule has 0 radical (unpaired) electrons. The summed E-state index contributed by atoms with van der Waals surface area (Å²) in [5.74, 6) is 0.771.